The van der Waals surface area contributed by atoms with Gasteiger partial charge in [-0.3, -0.25) is 9.59 Å². The summed E-state index contributed by atoms with van der Waals surface area (Å²) in [6.45, 7) is 5.45. The summed E-state index contributed by atoms with van der Waals surface area (Å²) in [4.78, 5) is 23.7. The fourth-order valence-corrected chi connectivity index (χ4v) is 2.84. The first-order chi connectivity index (χ1) is 12.0. The van der Waals surface area contributed by atoms with E-state index in [9.17, 15) is 9.59 Å². The van der Waals surface area contributed by atoms with Crippen LogP contribution in [0.4, 0.5) is 0 Å². The van der Waals surface area contributed by atoms with Gasteiger partial charge in [0.2, 0.25) is 0 Å². The first kappa shape index (κ1) is 19.9. The lowest BCUT2D eigenvalue weighted by Crippen LogP contribution is -2.35. The van der Waals surface area contributed by atoms with E-state index in [1.165, 1.54) is 18.1 Å². The smallest absolute Gasteiger partial charge is 0.261 e. The monoisotopic (exact) mass is 374 g/mol. The van der Waals surface area contributed by atoms with Crippen molar-refractivity contribution in [3.63, 3.8) is 0 Å². The van der Waals surface area contributed by atoms with Gasteiger partial charge in [0.25, 0.3) is 5.91 Å². The maximum Gasteiger partial charge on any atom is 0.261 e. The minimum Gasteiger partial charge on any atom is -0.481 e. The Hall–Kier alpha value is -2.37. The van der Waals surface area contributed by atoms with E-state index < -0.39 is 6.10 Å². The van der Waals surface area contributed by atoms with Gasteiger partial charge < -0.3 is 15.4 Å². The zero-order valence-corrected chi connectivity index (χ0v) is 15.7. The van der Waals surface area contributed by atoms with Crippen molar-refractivity contribution < 1.29 is 14.3 Å². The predicted octanol–water partition coefficient (Wildman–Crippen LogP) is 3.00. The Labute approximate surface area is 159 Å². The van der Waals surface area contributed by atoms with Crippen LogP contribution in [0, 0.1) is 0 Å². The van der Waals surface area contributed by atoms with E-state index in [1.807, 2.05) is 6.07 Å². The van der Waals surface area contributed by atoms with Crippen molar-refractivity contribution in [2.45, 2.75) is 39.6 Å². The van der Waals surface area contributed by atoms with E-state index in [4.69, 9.17) is 4.74 Å². The van der Waals surface area contributed by atoms with Crippen LogP contribution < -0.4 is 15.4 Å². The molecule has 0 saturated carbocycles. The highest BCUT2D eigenvalue weighted by Crippen LogP contribution is 2.17. The topological polar surface area (TPSA) is 67.4 Å². The molecule has 1 unspecified atom stereocenters. The van der Waals surface area contributed by atoms with E-state index >= 15 is 0 Å². The highest BCUT2D eigenvalue weighted by molar-refractivity contribution is 5.94. The van der Waals surface area contributed by atoms with E-state index in [1.54, 1.807) is 31.2 Å². The summed E-state index contributed by atoms with van der Waals surface area (Å²) >= 11 is 0. The Morgan fingerprint density at radius 2 is 1.92 bits per heavy atom. The number of rotatable bonds is 6. The molecule has 0 aliphatic carbocycles. The summed E-state index contributed by atoms with van der Waals surface area (Å²) in [6, 6.07) is 13.1. The molecule has 0 saturated heterocycles. The van der Waals surface area contributed by atoms with Crippen molar-refractivity contribution in [3.8, 4) is 5.75 Å². The fraction of sp³-hybridized carbons (Fsp3) is 0.300. The molecule has 1 aliphatic heterocycles. The lowest BCUT2D eigenvalue weighted by molar-refractivity contribution is -0.127. The molecular formula is C20H23ClN2O3. The van der Waals surface area contributed by atoms with E-state index in [0.29, 0.717) is 17.9 Å². The summed E-state index contributed by atoms with van der Waals surface area (Å²) in [5.41, 5.74) is 4.24. The van der Waals surface area contributed by atoms with E-state index in [-0.39, 0.29) is 24.1 Å². The minimum absolute atomic E-state index is 0. The first-order valence-electron chi connectivity index (χ1n) is 8.39. The molecule has 1 atom stereocenters. The lowest BCUT2D eigenvalue weighted by atomic mass is 10.1. The maximum absolute atomic E-state index is 12.3. The largest absolute Gasteiger partial charge is 0.481 e. The van der Waals surface area contributed by atoms with Gasteiger partial charge in [0.15, 0.2) is 11.9 Å². The van der Waals surface area contributed by atoms with Crippen LogP contribution >= 0.6 is 12.4 Å². The lowest BCUT2D eigenvalue weighted by Gasteiger charge is -2.15. The molecule has 0 bridgehead atoms. The molecule has 0 radical (unpaired) electrons. The molecule has 5 nitrogen and oxygen atoms in total. The van der Waals surface area contributed by atoms with Crippen molar-refractivity contribution in [1.82, 2.24) is 10.6 Å². The standard InChI is InChI=1S/C20H22N2O3.ClH/c1-13(23)16-4-3-5-19(9-16)25-14(2)20(24)22-10-15-6-7-17-11-21-12-18(17)8-15;/h3-9,14,21H,10-12H2,1-2H3,(H,22,24);1H. The zero-order chi connectivity index (χ0) is 17.8. The summed E-state index contributed by atoms with van der Waals surface area (Å²) < 4.78 is 5.66. The number of carbonyl (C=O) groups is 2. The Bertz CT molecular complexity index is 807. The van der Waals surface area contributed by atoms with Gasteiger partial charge in [0, 0.05) is 25.2 Å². The highest BCUT2D eigenvalue weighted by atomic mass is 35.5. The number of carbonyl (C=O) groups excluding carboxylic acids is 2. The molecule has 0 aromatic heterocycles. The van der Waals surface area contributed by atoms with Gasteiger partial charge in [-0.1, -0.05) is 30.3 Å². The number of fused-ring (bicyclic) bond motifs is 1. The molecule has 6 heteroatoms. The minimum atomic E-state index is -0.640. The van der Waals surface area contributed by atoms with Crippen LogP contribution in [0.3, 0.4) is 0 Å². The van der Waals surface area contributed by atoms with E-state index in [2.05, 4.69) is 22.8 Å². The molecule has 1 amide bonds. The molecular weight excluding hydrogens is 352 g/mol. The number of hydrogen-bond acceptors (Lipinski definition) is 4. The normalized spacial score (nSPS) is 13.3. The quantitative estimate of drug-likeness (QED) is 0.763. The van der Waals surface area contributed by atoms with Crippen molar-refractivity contribution in [2.75, 3.05) is 0 Å². The van der Waals surface area contributed by atoms with Crippen LogP contribution in [0.2, 0.25) is 0 Å². The number of Topliss-reactive ketones (excluding diaryl/α,β-unsaturated/α-hetero) is 1. The molecule has 2 aromatic rings. The van der Waals surface area contributed by atoms with Gasteiger partial charge in [-0.15, -0.1) is 12.4 Å². The fourth-order valence-electron chi connectivity index (χ4n) is 2.84. The van der Waals surface area contributed by atoms with Gasteiger partial charge in [-0.2, -0.15) is 0 Å². The van der Waals surface area contributed by atoms with E-state index in [0.717, 1.165) is 18.7 Å². The number of ketones is 1. The molecule has 1 heterocycles. The van der Waals surface area contributed by atoms with Crippen LogP contribution in [0.5, 0.6) is 5.75 Å². The van der Waals surface area contributed by atoms with Gasteiger partial charge >= 0.3 is 0 Å². The Morgan fingerprint density at radius 1 is 1.15 bits per heavy atom. The van der Waals surface area contributed by atoms with Crippen molar-refractivity contribution in [2.24, 2.45) is 0 Å². The second-order valence-electron chi connectivity index (χ2n) is 6.27. The number of nitrogens with one attached hydrogen (secondary N) is 2. The third kappa shape index (κ3) is 4.84. The average Bonchev–Trinajstić information content (AvgIpc) is 3.07. The van der Waals surface area contributed by atoms with Crippen molar-refractivity contribution in [1.29, 1.82) is 0 Å². The third-order valence-corrected chi connectivity index (χ3v) is 4.29. The predicted molar refractivity (Wildman–Crippen MR) is 103 cm³/mol. The zero-order valence-electron chi connectivity index (χ0n) is 14.9. The van der Waals surface area contributed by atoms with Crippen LogP contribution in [-0.2, 0) is 24.4 Å². The average molecular weight is 375 g/mol. The molecule has 26 heavy (non-hydrogen) atoms. The molecule has 138 valence electrons. The summed E-state index contributed by atoms with van der Waals surface area (Å²) in [6.07, 6.45) is -0.640. The summed E-state index contributed by atoms with van der Waals surface area (Å²) in [5.74, 6) is 0.291. The van der Waals surface area contributed by atoms with Crippen LogP contribution in [-0.4, -0.2) is 17.8 Å². The van der Waals surface area contributed by atoms with Gasteiger partial charge in [0.05, 0.1) is 0 Å². The third-order valence-electron chi connectivity index (χ3n) is 4.29. The number of benzene rings is 2. The first-order valence-corrected chi connectivity index (χ1v) is 8.39. The second-order valence-corrected chi connectivity index (χ2v) is 6.27. The molecule has 3 rings (SSSR count). The summed E-state index contributed by atoms with van der Waals surface area (Å²) in [7, 11) is 0. The molecule has 0 fully saturated rings. The van der Waals surface area contributed by atoms with Crippen LogP contribution in [0.15, 0.2) is 42.5 Å². The molecule has 2 aromatic carbocycles. The second kappa shape index (κ2) is 8.83. The van der Waals surface area contributed by atoms with Gasteiger partial charge in [0.1, 0.15) is 5.75 Å². The van der Waals surface area contributed by atoms with Gasteiger partial charge in [-0.25, -0.2) is 0 Å². The SMILES string of the molecule is CC(=O)c1cccc(OC(C)C(=O)NCc2ccc3c(c2)CNC3)c1.Cl. The Kier molecular flexibility index (Phi) is 6.77. The number of hydrogen-bond donors (Lipinski definition) is 2. The Balaban J connectivity index is 0.00000243. The van der Waals surface area contributed by atoms with Crippen molar-refractivity contribution in [3.05, 3.63) is 64.7 Å². The van der Waals surface area contributed by atoms with Gasteiger partial charge in [-0.05, 0) is 42.7 Å². The Morgan fingerprint density at radius 3 is 2.69 bits per heavy atom. The van der Waals surface area contributed by atoms with Crippen molar-refractivity contribution >= 4 is 24.1 Å². The van der Waals surface area contributed by atoms with Crippen LogP contribution in [0.25, 0.3) is 0 Å². The molecule has 1 aliphatic rings. The maximum atomic E-state index is 12.3. The number of amides is 1. The number of halogens is 1. The number of ether oxygens (including phenoxy) is 1. The summed E-state index contributed by atoms with van der Waals surface area (Å²) in [5, 5.41) is 6.20. The molecule has 2 N–H and O–H groups in total. The van der Waals surface area contributed by atoms with Crippen LogP contribution in [0.1, 0.15) is 40.9 Å². The molecule has 0 spiro atoms. The highest BCUT2D eigenvalue weighted by Gasteiger charge is 2.16.